The van der Waals surface area contributed by atoms with Crippen LogP contribution >= 0.6 is 12.2 Å². The maximum absolute atomic E-state index is 11.4. The Morgan fingerprint density at radius 1 is 1.33 bits per heavy atom. The summed E-state index contributed by atoms with van der Waals surface area (Å²) in [4.78, 5) is 11.4. The SMILES string of the molecule is CC(C)OC(=S)CNC(=O)OCc1ccccc1. The zero-order valence-electron chi connectivity index (χ0n) is 10.5. The number of rotatable bonds is 5. The zero-order chi connectivity index (χ0) is 13.4. The third kappa shape index (κ3) is 6.20. The molecule has 0 aliphatic rings. The zero-order valence-corrected chi connectivity index (χ0v) is 11.3. The molecule has 1 aromatic rings. The van der Waals surface area contributed by atoms with Crippen molar-refractivity contribution >= 4 is 23.4 Å². The van der Waals surface area contributed by atoms with Crippen LogP contribution in [0.25, 0.3) is 0 Å². The standard InChI is InChI=1S/C13H17NO3S/c1-10(2)17-12(18)8-14-13(15)16-9-11-6-4-3-5-7-11/h3-7,10H,8-9H2,1-2H3,(H,14,15). The second-order valence-electron chi connectivity index (χ2n) is 3.95. The van der Waals surface area contributed by atoms with Gasteiger partial charge in [0.1, 0.15) is 6.61 Å². The number of amides is 1. The quantitative estimate of drug-likeness (QED) is 0.833. The first-order chi connectivity index (χ1) is 8.58. The molecular weight excluding hydrogens is 250 g/mol. The lowest BCUT2D eigenvalue weighted by Gasteiger charge is -2.11. The molecule has 98 valence electrons. The number of thiocarbonyl (C=S) groups is 1. The minimum absolute atomic E-state index is 0.0136. The average molecular weight is 267 g/mol. The van der Waals surface area contributed by atoms with Crippen molar-refractivity contribution in [1.82, 2.24) is 5.32 Å². The number of benzene rings is 1. The summed E-state index contributed by atoms with van der Waals surface area (Å²) < 4.78 is 10.2. The van der Waals surface area contributed by atoms with E-state index < -0.39 is 6.09 Å². The molecular formula is C13H17NO3S. The summed E-state index contributed by atoms with van der Waals surface area (Å²) in [5.74, 6) is 0. The highest BCUT2D eigenvalue weighted by Crippen LogP contribution is 2.00. The van der Waals surface area contributed by atoms with E-state index in [9.17, 15) is 4.79 Å². The van der Waals surface area contributed by atoms with E-state index in [0.717, 1.165) is 5.56 Å². The number of carbonyl (C=O) groups excluding carboxylic acids is 1. The van der Waals surface area contributed by atoms with Crippen molar-refractivity contribution in [3.63, 3.8) is 0 Å². The molecule has 0 aliphatic heterocycles. The van der Waals surface area contributed by atoms with E-state index in [4.69, 9.17) is 21.7 Å². The Bertz CT molecular complexity index is 392. The first-order valence-electron chi connectivity index (χ1n) is 5.72. The van der Waals surface area contributed by atoms with Gasteiger partial charge in [0, 0.05) is 0 Å². The summed E-state index contributed by atoms with van der Waals surface area (Å²) in [5.41, 5.74) is 0.939. The fraction of sp³-hybridized carbons (Fsp3) is 0.385. The molecule has 1 amide bonds. The second-order valence-corrected chi connectivity index (χ2v) is 4.41. The van der Waals surface area contributed by atoms with Gasteiger partial charge in [-0.1, -0.05) is 30.3 Å². The summed E-state index contributed by atoms with van der Waals surface area (Å²) in [5, 5.41) is 2.88. The number of carbonyl (C=O) groups is 1. The molecule has 0 aromatic heterocycles. The van der Waals surface area contributed by atoms with Crippen molar-refractivity contribution in [2.75, 3.05) is 6.54 Å². The van der Waals surface area contributed by atoms with E-state index in [1.807, 2.05) is 44.2 Å². The van der Waals surface area contributed by atoms with Gasteiger partial charge in [0.2, 0.25) is 0 Å². The molecule has 1 aromatic carbocycles. The van der Waals surface area contributed by atoms with Crippen molar-refractivity contribution in [2.24, 2.45) is 0 Å². The molecule has 0 aliphatic carbocycles. The topological polar surface area (TPSA) is 47.6 Å². The Morgan fingerprint density at radius 3 is 2.61 bits per heavy atom. The first-order valence-corrected chi connectivity index (χ1v) is 6.13. The van der Waals surface area contributed by atoms with E-state index in [2.05, 4.69) is 5.32 Å². The molecule has 0 heterocycles. The molecule has 4 nitrogen and oxygen atoms in total. The van der Waals surface area contributed by atoms with Gasteiger partial charge >= 0.3 is 6.09 Å². The third-order valence-electron chi connectivity index (χ3n) is 1.96. The molecule has 0 radical (unpaired) electrons. The summed E-state index contributed by atoms with van der Waals surface area (Å²) in [7, 11) is 0. The highest BCUT2D eigenvalue weighted by atomic mass is 32.1. The molecule has 0 atom stereocenters. The molecule has 0 unspecified atom stereocenters. The number of alkyl carbamates (subject to hydrolysis) is 1. The van der Waals surface area contributed by atoms with Gasteiger partial charge in [-0.05, 0) is 31.6 Å². The molecule has 1 rings (SSSR count). The van der Waals surface area contributed by atoms with Crippen molar-refractivity contribution in [2.45, 2.75) is 26.6 Å². The van der Waals surface area contributed by atoms with E-state index in [1.54, 1.807) is 0 Å². The molecule has 1 N–H and O–H groups in total. The Hall–Kier alpha value is -1.62. The van der Waals surface area contributed by atoms with Gasteiger partial charge in [-0.15, -0.1) is 0 Å². The Kier molecular flexibility index (Phi) is 6.14. The maximum atomic E-state index is 11.4. The van der Waals surface area contributed by atoms with E-state index in [1.165, 1.54) is 0 Å². The minimum atomic E-state index is -0.506. The van der Waals surface area contributed by atoms with Gasteiger partial charge in [0.05, 0.1) is 12.6 Å². The molecule has 0 fully saturated rings. The number of hydrogen-bond donors (Lipinski definition) is 1. The van der Waals surface area contributed by atoms with Crippen molar-refractivity contribution < 1.29 is 14.3 Å². The third-order valence-corrected chi connectivity index (χ3v) is 2.20. The van der Waals surface area contributed by atoms with Gasteiger partial charge in [0.15, 0.2) is 5.05 Å². The molecule has 0 spiro atoms. The number of nitrogens with one attached hydrogen (secondary N) is 1. The van der Waals surface area contributed by atoms with Crippen LogP contribution in [0.15, 0.2) is 30.3 Å². The van der Waals surface area contributed by atoms with Crippen LogP contribution in [0.3, 0.4) is 0 Å². The van der Waals surface area contributed by atoms with Crippen molar-refractivity contribution in [3.8, 4) is 0 Å². The lowest BCUT2D eigenvalue weighted by Crippen LogP contribution is -2.31. The lowest BCUT2D eigenvalue weighted by atomic mass is 10.2. The minimum Gasteiger partial charge on any atom is -0.483 e. The van der Waals surface area contributed by atoms with Crippen molar-refractivity contribution in [3.05, 3.63) is 35.9 Å². The van der Waals surface area contributed by atoms with Crippen molar-refractivity contribution in [1.29, 1.82) is 0 Å². The fourth-order valence-electron chi connectivity index (χ4n) is 1.22. The average Bonchev–Trinajstić information content (AvgIpc) is 2.34. The molecule has 0 saturated heterocycles. The monoisotopic (exact) mass is 267 g/mol. The van der Waals surface area contributed by atoms with E-state index >= 15 is 0 Å². The normalized spacial score (nSPS) is 9.94. The maximum Gasteiger partial charge on any atom is 0.407 e. The Morgan fingerprint density at radius 2 is 2.00 bits per heavy atom. The predicted molar refractivity (Wildman–Crippen MR) is 73.4 cm³/mol. The van der Waals surface area contributed by atoms with Gasteiger partial charge in [-0.3, -0.25) is 0 Å². The van der Waals surface area contributed by atoms with Crippen LogP contribution in [-0.4, -0.2) is 23.8 Å². The van der Waals surface area contributed by atoms with Gasteiger partial charge in [-0.2, -0.15) is 0 Å². The van der Waals surface area contributed by atoms with Crippen LogP contribution in [-0.2, 0) is 16.1 Å². The lowest BCUT2D eigenvalue weighted by molar-refractivity contribution is 0.140. The highest BCUT2D eigenvalue weighted by molar-refractivity contribution is 7.80. The summed E-state index contributed by atoms with van der Waals surface area (Å²) in [6, 6.07) is 9.47. The van der Waals surface area contributed by atoms with Crippen LogP contribution in [0.4, 0.5) is 4.79 Å². The predicted octanol–water partition coefficient (Wildman–Crippen LogP) is 2.67. The number of ether oxygens (including phenoxy) is 2. The molecule has 5 heteroatoms. The first kappa shape index (κ1) is 14.4. The summed E-state index contributed by atoms with van der Waals surface area (Å²) in [6.07, 6.45) is -0.492. The van der Waals surface area contributed by atoms with E-state index in [0.29, 0.717) is 5.05 Å². The van der Waals surface area contributed by atoms with Crippen LogP contribution in [0.1, 0.15) is 19.4 Å². The van der Waals surface area contributed by atoms with Crippen LogP contribution in [0, 0.1) is 0 Å². The highest BCUT2D eigenvalue weighted by Gasteiger charge is 2.05. The smallest absolute Gasteiger partial charge is 0.407 e. The summed E-state index contributed by atoms with van der Waals surface area (Å²) >= 11 is 4.93. The van der Waals surface area contributed by atoms with Crippen LogP contribution in [0.5, 0.6) is 0 Å². The van der Waals surface area contributed by atoms with Gasteiger partial charge in [-0.25, -0.2) is 4.79 Å². The second kappa shape index (κ2) is 7.66. The van der Waals surface area contributed by atoms with Gasteiger partial charge in [0.25, 0.3) is 0 Å². The van der Waals surface area contributed by atoms with Crippen LogP contribution < -0.4 is 5.32 Å². The van der Waals surface area contributed by atoms with Crippen LogP contribution in [0.2, 0.25) is 0 Å². The number of hydrogen-bond acceptors (Lipinski definition) is 4. The molecule has 0 saturated carbocycles. The fourth-order valence-corrected chi connectivity index (χ4v) is 1.49. The Labute approximate surface area is 112 Å². The summed E-state index contributed by atoms with van der Waals surface area (Å²) in [6.45, 7) is 4.17. The largest absolute Gasteiger partial charge is 0.483 e. The molecule has 0 bridgehead atoms. The Balaban J connectivity index is 2.20. The van der Waals surface area contributed by atoms with E-state index in [-0.39, 0.29) is 19.3 Å². The molecule has 18 heavy (non-hydrogen) atoms. The van der Waals surface area contributed by atoms with Gasteiger partial charge < -0.3 is 14.8 Å².